The molecule has 2 aromatic carbocycles. The summed E-state index contributed by atoms with van der Waals surface area (Å²) in [6.07, 6.45) is 0.308. The lowest BCUT2D eigenvalue weighted by Crippen LogP contribution is -2.34. The molecular weight excluding hydrogens is 364 g/mol. The maximum atomic E-state index is 12.2. The van der Waals surface area contributed by atoms with E-state index >= 15 is 0 Å². The molecule has 2 rings (SSSR count). The van der Waals surface area contributed by atoms with Crippen LogP contribution in [0.4, 0.5) is 0 Å². The fraction of sp³-hybridized carbons (Fsp3) is 0.333. The largest absolute Gasteiger partial charge is 0.496 e. The van der Waals surface area contributed by atoms with Gasteiger partial charge in [0, 0.05) is 35.5 Å². The van der Waals surface area contributed by atoms with Crippen molar-refractivity contribution >= 4 is 23.3 Å². The molecule has 1 atom stereocenters. The molecule has 0 fully saturated rings. The summed E-state index contributed by atoms with van der Waals surface area (Å²) < 4.78 is 5.43. The molecule has 5 nitrogen and oxygen atoms in total. The third-order valence-corrected chi connectivity index (χ3v) is 4.61. The van der Waals surface area contributed by atoms with Crippen LogP contribution in [0.25, 0.3) is 0 Å². The molecule has 0 radical (unpaired) electrons. The number of rotatable bonds is 9. The fourth-order valence-electron chi connectivity index (χ4n) is 2.82. The van der Waals surface area contributed by atoms with Crippen molar-refractivity contribution in [2.75, 3.05) is 27.7 Å². The van der Waals surface area contributed by atoms with Gasteiger partial charge in [0.25, 0.3) is 0 Å². The van der Waals surface area contributed by atoms with Gasteiger partial charge in [-0.1, -0.05) is 29.8 Å². The molecular formula is C21H25ClN2O3. The Kier molecular flexibility index (Phi) is 7.82. The Labute approximate surface area is 165 Å². The molecule has 2 aromatic rings. The normalized spacial score (nSPS) is 11.9. The van der Waals surface area contributed by atoms with Gasteiger partial charge in [-0.3, -0.25) is 9.59 Å². The van der Waals surface area contributed by atoms with Gasteiger partial charge in [0.15, 0.2) is 5.78 Å². The van der Waals surface area contributed by atoms with Gasteiger partial charge < -0.3 is 15.0 Å². The molecule has 0 aromatic heterocycles. The summed E-state index contributed by atoms with van der Waals surface area (Å²) in [5.74, 6) is 0.554. The van der Waals surface area contributed by atoms with Crippen LogP contribution in [0.3, 0.4) is 0 Å². The van der Waals surface area contributed by atoms with Crippen molar-refractivity contribution in [1.29, 1.82) is 0 Å². The summed E-state index contributed by atoms with van der Waals surface area (Å²) in [5.41, 5.74) is 1.56. The molecule has 1 amide bonds. The average molecular weight is 389 g/mol. The van der Waals surface area contributed by atoms with Gasteiger partial charge in [-0.25, -0.2) is 0 Å². The maximum Gasteiger partial charge on any atom is 0.220 e. The Morgan fingerprint density at radius 2 is 1.74 bits per heavy atom. The van der Waals surface area contributed by atoms with Crippen molar-refractivity contribution in [3.05, 3.63) is 64.7 Å². The highest BCUT2D eigenvalue weighted by molar-refractivity contribution is 6.30. The van der Waals surface area contributed by atoms with Gasteiger partial charge in [0.2, 0.25) is 5.91 Å². The summed E-state index contributed by atoms with van der Waals surface area (Å²) >= 11 is 5.82. The quantitative estimate of drug-likeness (QED) is 0.665. The minimum absolute atomic E-state index is 0.0305. The third kappa shape index (κ3) is 6.08. The first-order valence-corrected chi connectivity index (χ1v) is 9.15. The summed E-state index contributed by atoms with van der Waals surface area (Å²) in [7, 11) is 5.53. The monoisotopic (exact) mass is 388 g/mol. The molecule has 0 saturated heterocycles. The molecule has 1 unspecified atom stereocenters. The number of para-hydroxylation sites is 1. The first kappa shape index (κ1) is 20.9. The molecule has 0 heterocycles. The highest BCUT2D eigenvalue weighted by Crippen LogP contribution is 2.27. The Morgan fingerprint density at radius 1 is 1.07 bits per heavy atom. The lowest BCUT2D eigenvalue weighted by molar-refractivity contribution is -0.121. The van der Waals surface area contributed by atoms with Crippen LogP contribution in [0.1, 0.15) is 34.8 Å². The lowest BCUT2D eigenvalue weighted by atomic mass is 10.0. The van der Waals surface area contributed by atoms with Gasteiger partial charge in [-0.15, -0.1) is 0 Å². The Morgan fingerprint density at radius 3 is 2.37 bits per heavy atom. The predicted octanol–water partition coefficient (Wildman–Crippen LogP) is 3.73. The molecule has 0 aliphatic rings. The fourth-order valence-corrected chi connectivity index (χ4v) is 2.94. The highest BCUT2D eigenvalue weighted by Gasteiger charge is 2.19. The number of nitrogens with zero attached hydrogens (tertiary/aromatic N) is 1. The molecule has 0 aliphatic carbocycles. The Hall–Kier alpha value is -2.37. The third-order valence-electron chi connectivity index (χ3n) is 4.36. The van der Waals surface area contributed by atoms with Crippen molar-refractivity contribution in [3.63, 3.8) is 0 Å². The van der Waals surface area contributed by atoms with E-state index in [-0.39, 0.29) is 30.6 Å². The van der Waals surface area contributed by atoms with E-state index in [1.54, 1.807) is 31.4 Å². The smallest absolute Gasteiger partial charge is 0.220 e. The van der Waals surface area contributed by atoms with Crippen LogP contribution in [0, 0.1) is 0 Å². The summed E-state index contributed by atoms with van der Waals surface area (Å²) in [4.78, 5) is 26.4. The molecule has 6 heteroatoms. The van der Waals surface area contributed by atoms with Gasteiger partial charge in [0.1, 0.15) is 5.75 Å². The van der Waals surface area contributed by atoms with E-state index in [9.17, 15) is 9.59 Å². The number of carbonyl (C=O) groups excluding carboxylic acids is 2. The average Bonchev–Trinajstić information content (AvgIpc) is 2.67. The van der Waals surface area contributed by atoms with Crippen molar-refractivity contribution in [2.45, 2.75) is 18.9 Å². The number of methoxy groups -OCH3 is 1. The molecule has 0 saturated carbocycles. The van der Waals surface area contributed by atoms with Crippen molar-refractivity contribution in [3.8, 4) is 5.75 Å². The maximum absolute atomic E-state index is 12.2. The molecule has 144 valence electrons. The van der Waals surface area contributed by atoms with Crippen molar-refractivity contribution in [2.24, 2.45) is 0 Å². The number of hydrogen-bond acceptors (Lipinski definition) is 4. The second-order valence-electron chi connectivity index (χ2n) is 6.46. The summed E-state index contributed by atoms with van der Waals surface area (Å²) in [6, 6.07) is 14.4. The number of halogens is 1. The van der Waals surface area contributed by atoms with Crippen LogP contribution in [-0.2, 0) is 4.79 Å². The predicted molar refractivity (Wildman–Crippen MR) is 107 cm³/mol. The standard InChI is InChI=1S/C21H25ClN2O3/c1-24(2)18(17-6-4-5-7-20(17)27-3)14-23-21(26)13-12-19(25)15-8-10-16(22)11-9-15/h4-11,18H,12-14H2,1-3H3,(H,23,26). The number of carbonyl (C=O) groups is 2. The molecule has 1 N–H and O–H groups in total. The van der Waals surface area contributed by atoms with Crippen LogP contribution in [0.2, 0.25) is 5.02 Å². The van der Waals surface area contributed by atoms with E-state index in [2.05, 4.69) is 5.32 Å². The minimum atomic E-state index is -0.154. The number of Topliss-reactive ketones (excluding diaryl/α,β-unsaturated/α-hetero) is 1. The number of ether oxygens (including phenoxy) is 1. The zero-order valence-electron chi connectivity index (χ0n) is 15.9. The van der Waals surface area contributed by atoms with E-state index in [0.29, 0.717) is 17.1 Å². The van der Waals surface area contributed by atoms with Gasteiger partial charge in [-0.2, -0.15) is 0 Å². The van der Waals surface area contributed by atoms with Crippen LogP contribution in [0.15, 0.2) is 48.5 Å². The number of likely N-dealkylation sites (N-methyl/N-ethyl adjacent to an activating group) is 1. The highest BCUT2D eigenvalue weighted by atomic mass is 35.5. The number of nitrogens with one attached hydrogen (secondary N) is 1. The van der Waals surface area contributed by atoms with Crippen LogP contribution < -0.4 is 10.1 Å². The number of benzene rings is 2. The molecule has 0 bridgehead atoms. The number of hydrogen-bond donors (Lipinski definition) is 1. The number of ketones is 1. The van der Waals surface area contributed by atoms with Gasteiger partial charge in [0.05, 0.1) is 13.2 Å². The van der Waals surface area contributed by atoms with E-state index < -0.39 is 0 Å². The summed E-state index contributed by atoms with van der Waals surface area (Å²) in [5, 5.41) is 3.50. The molecule has 0 aliphatic heterocycles. The van der Waals surface area contributed by atoms with E-state index in [1.165, 1.54) is 0 Å². The number of amides is 1. The minimum Gasteiger partial charge on any atom is -0.496 e. The van der Waals surface area contributed by atoms with Gasteiger partial charge >= 0.3 is 0 Å². The zero-order chi connectivity index (χ0) is 19.8. The van der Waals surface area contributed by atoms with E-state index in [1.807, 2.05) is 43.3 Å². The SMILES string of the molecule is COc1ccccc1C(CNC(=O)CCC(=O)c1ccc(Cl)cc1)N(C)C. The zero-order valence-corrected chi connectivity index (χ0v) is 16.6. The Bertz CT molecular complexity index is 775. The molecule has 0 spiro atoms. The van der Waals surface area contributed by atoms with Crippen LogP contribution in [-0.4, -0.2) is 44.3 Å². The lowest BCUT2D eigenvalue weighted by Gasteiger charge is -2.26. The first-order chi connectivity index (χ1) is 12.9. The van der Waals surface area contributed by atoms with Crippen molar-refractivity contribution in [1.82, 2.24) is 10.2 Å². The van der Waals surface area contributed by atoms with Crippen molar-refractivity contribution < 1.29 is 14.3 Å². The topological polar surface area (TPSA) is 58.6 Å². The van der Waals surface area contributed by atoms with E-state index in [0.717, 1.165) is 11.3 Å². The van der Waals surface area contributed by atoms with Crippen LogP contribution >= 0.6 is 11.6 Å². The Balaban J connectivity index is 1.90. The second-order valence-corrected chi connectivity index (χ2v) is 6.89. The second kappa shape index (κ2) is 10.1. The van der Waals surface area contributed by atoms with E-state index in [4.69, 9.17) is 16.3 Å². The van der Waals surface area contributed by atoms with Gasteiger partial charge in [-0.05, 0) is 44.4 Å². The molecule has 27 heavy (non-hydrogen) atoms. The summed E-state index contributed by atoms with van der Waals surface area (Å²) in [6.45, 7) is 0.432. The first-order valence-electron chi connectivity index (χ1n) is 8.77. The van der Waals surface area contributed by atoms with Crippen LogP contribution in [0.5, 0.6) is 5.75 Å².